The van der Waals surface area contributed by atoms with E-state index in [2.05, 4.69) is 20.0 Å². The fraction of sp³-hybridized carbons (Fsp3) is 0.417. The van der Waals surface area contributed by atoms with E-state index in [0.717, 1.165) is 25.3 Å². The lowest BCUT2D eigenvalue weighted by atomic mass is 10.0. The Labute approximate surface area is 193 Å². The lowest BCUT2D eigenvalue weighted by molar-refractivity contribution is 0.0593. The van der Waals surface area contributed by atoms with Crippen molar-refractivity contribution in [1.29, 1.82) is 0 Å². The Kier molecular flexibility index (Phi) is 7.10. The number of hydrogen-bond acceptors (Lipinski definition) is 6. The normalized spacial score (nSPS) is 14.8. The van der Waals surface area contributed by atoms with Crippen molar-refractivity contribution < 1.29 is 13.9 Å². The van der Waals surface area contributed by atoms with E-state index in [1.54, 1.807) is 48.5 Å². The summed E-state index contributed by atoms with van der Waals surface area (Å²) in [5.41, 5.74) is 2.15. The van der Waals surface area contributed by atoms with Crippen molar-refractivity contribution in [2.75, 3.05) is 46.4 Å². The summed E-state index contributed by atoms with van der Waals surface area (Å²) in [6, 6.07) is 8.14. The molecule has 0 N–H and O–H groups in total. The first-order valence-electron chi connectivity index (χ1n) is 11.2. The predicted octanol–water partition coefficient (Wildman–Crippen LogP) is 3.00. The topological polar surface area (TPSA) is 76.4 Å². The molecule has 33 heavy (non-hydrogen) atoms. The fourth-order valence-corrected chi connectivity index (χ4v) is 4.07. The zero-order chi connectivity index (χ0) is 23.4. The Balaban J connectivity index is 1.60. The van der Waals surface area contributed by atoms with Crippen LogP contribution in [0.25, 0.3) is 17.2 Å². The summed E-state index contributed by atoms with van der Waals surface area (Å²) in [4.78, 5) is 26.4. The van der Waals surface area contributed by atoms with Gasteiger partial charge in [0.15, 0.2) is 0 Å². The SMILES string of the molecule is COCCN1CCN(C(=O)c2cnn(-c3nccc(-c4ccccc4F)n3)c2C(C)C)CC1. The molecule has 3 heterocycles. The summed E-state index contributed by atoms with van der Waals surface area (Å²) in [5.74, 6) is -0.0770. The van der Waals surface area contributed by atoms with Gasteiger partial charge in [-0.25, -0.2) is 19.0 Å². The molecule has 1 fully saturated rings. The standard InChI is InChI=1S/C24H29FN6O2/c1-17(2)22-19(23(32)30-12-10-29(11-13-30)14-15-33-3)16-27-31(22)24-26-9-8-21(28-24)18-6-4-5-7-20(18)25/h4-9,16-17H,10-15H2,1-3H3. The second-order valence-electron chi connectivity index (χ2n) is 8.36. The molecule has 4 rings (SSSR count). The number of piperazine rings is 1. The molecule has 8 nitrogen and oxygen atoms in total. The highest BCUT2D eigenvalue weighted by atomic mass is 19.1. The van der Waals surface area contributed by atoms with Crippen LogP contribution in [0.2, 0.25) is 0 Å². The van der Waals surface area contributed by atoms with E-state index in [-0.39, 0.29) is 17.6 Å². The third-order valence-corrected chi connectivity index (χ3v) is 5.84. The van der Waals surface area contributed by atoms with E-state index in [9.17, 15) is 9.18 Å². The molecule has 0 bridgehead atoms. The first kappa shape index (κ1) is 23.0. The van der Waals surface area contributed by atoms with Gasteiger partial charge in [0.2, 0.25) is 0 Å². The molecule has 1 aliphatic rings. The van der Waals surface area contributed by atoms with Crippen LogP contribution in [-0.2, 0) is 4.74 Å². The zero-order valence-corrected chi connectivity index (χ0v) is 19.2. The number of carbonyl (C=O) groups is 1. The second kappa shape index (κ2) is 10.2. The van der Waals surface area contributed by atoms with Crippen LogP contribution in [0.5, 0.6) is 0 Å². The maximum absolute atomic E-state index is 14.3. The number of hydrogen-bond donors (Lipinski definition) is 0. The van der Waals surface area contributed by atoms with Crippen molar-refractivity contribution in [3.8, 4) is 17.2 Å². The number of halogens is 1. The number of carbonyl (C=O) groups excluding carboxylic acids is 1. The van der Waals surface area contributed by atoms with Crippen molar-refractivity contribution in [2.24, 2.45) is 0 Å². The van der Waals surface area contributed by atoms with Crippen LogP contribution in [-0.4, -0.2) is 81.9 Å². The van der Waals surface area contributed by atoms with Crippen molar-refractivity contribution in [3.63, 3.8) is 0 Å². The molecule has 0 radical (unpaired) electrons. The van der Waals surface area contributed by atoms with Crippen molar-refractivity contribution in [1.82, 2.24) is 29.5 Å². The van der Waals surface area contributed by atoms with Gasteiger partial charge in [-0.2, -0.15) is 5.10 Å². The quantitative estimate of drug-likeness (QED) is 0.549. The summed E-state index contributed by atoms with van der Waals surface area (Å²) >= 11 is 0. The smallest absolute Gasteiger partial charge is 0.257 e. The third-order valence-electron chi connectivity index (χ3n) is 5.84. The van der Waals surface area contributed by atoms with Crippen LogP contribution in [0.15, 0.2) is 42.7 Å². The fourth-order valence-electron chi connectivity index (χ4n) is 4.07. The number of aromatic nitrogens is 4. The highest BCUT2D eigenvalue weighted by Crippen LogP contribution is 2.25. The van der Waals surface area contributed by atoms with E-state index < -0.39 is 0 Å². The molecular formula is C24H29FN6O2. The van der Waals surface area contributed by atoms with Crippen LogP contribution >= 0.6 is 0 Å². The summed E-state index contributed by atoms with van der Waals surface area (Å²) in [6.07, 6.45) is 3.17. The van der Waals surface area contributed by atoms with Gasteiger partial charge in [0.25, 0.3) is 11.9 Å². The zero-order valence-electron chi connectivity index (χ0n) is 19.2. The van der Waals surface area contributed by atoms with Crippen LogP contribution in [0.4, 0.5) is 4.39 Å². The Bertz CT molecular complexity index is 1110. The minimum atomic E-state index is -0.354. The second-order valence-corrected chi connectivity index (χ2v) is 8.36. The minimum Gasteiger partial charge on any atom is -0.383 e. The van der Waals surface area contributed by atoms with E-state index >= 15 is 0 Å². The lowest BCUT2D eigenvalue weighted by Gasteiger charge is -2.34. The van der Waals surface area contributed by atoms with Gasteiger partial charge in [0, 0.05) is 51.6 Å². The largest absolute Gasteiger partial charge is 0.383 e. The molecule has 9 heteroatoms. The minimum absolute atomic E-state index is 0.00941. The van der Waals surface area contributed by atoms with Crippen LogP contribution < -0.4 is 0 Å². The van der Waals surface area contributed by atoms with Crippen LogP contribution in [0, 0.1) is 5.82 Å². The highest BCUT2D eigenvalue weighted by Gasteiger charge is 2.28. The molecule has 0 spiro atoms. The Morgan fingerprint density at radius 2 is 1.91 bits per heavy atom. The van der Waals surface area contributed by atoms with Gasteiger partial charge in [0.1, 0.15) is 5.82 Å². The van der Waals surface area contributed by atoms with Crippen molar-refractivity contribution in [3.05, 3.63) is 59.8 Å². The van der Waals surface area contributed by atoms with Crippen LogP contribution in [0.1, 0.15) is 35.8 Å². The van der Waals surface area contributed by atoms with Crippen LogP contribution in [0.3, 0.4) is 0 Å². The number of benzene rings is 1. The summed E-state index contributed by atoms with van der Waals surface area (Å²) in [5, 5.41) is 4.46. The predicted molar refractivity (Wildman–Crippen MR) is 123 cm³/mol. The Morgan fingerprint density at radius 1 is 1.15 bits per heavy atom. The number of rotatable bonds is 7. The maximum Gasteiger partial charge on any atom is 0.257 e. The number of amides is 1. The van der Waals surface area contributed by atoms with Gasteiger partial charge >= 0.3 is 0 Å². The average molecular weight is 453 g/mol. The Morgan fingerprint density at radius 3 is 2.61 bits per heavy atom. The highest BCUT2D eigenvalue weighted by molar-refractivity contribution is 5.95. The first-order valence-corrected chi connectivity index (χ1v) is 11.2. The molecular weight excluding hydrogens is 423 g/mol. The number of nitrogens with zero attached hydrogens (tertiary/aromatic N) is 6. The number of methoxy groups -OCH3 is 1. The summed E-state index contributed by atoms with van der Waals surface area (Å²) in [6.45, 7) is 8.51. The van der Waals surface area contributed by atoms with Crippen molar-refractivity contribution in [2.45, 2.75) is 19.8 Å². The van der Waals surface area contributed by atoms with E-state index in [4.69, 9.17) is 4.74 Å². The molecule has 0 aliphatic carbocycles. The molecule has 3 aromatic rings. The molecule has 0 saturated carbocycles. The average Bonchev–Trinajstić information content (AvgIpc) is 3.29. The molecule has 1 aromatic carbocycles. The van der Waals surface area contributed by atoms with E-state index in [1.807, 2.05) is 18.7 Å². The molecule has 174 valence electrons. The molecule has 0 atom stereocenters. The van der Waals surface area contributed by atoms with Gasteiger partial charge in [-0.15, -0.1) is 0 Å². The summed E-state index contributed by atoms with van der Waals surface area (Å²) < 4.78 is 21.0. The molecule has 0 unspecified atom stereocenters. The van der Waals surface area contributed by atoms with Gasteiger partial charge in [-0.05, 0) is 24.1 Å². The van der Waals surface area contributed by atoms with Gasteiger partial charge in [0.05, 0.1) is 29.8 Å². The van der Waals surface area contributed by atoms with Gasteiger partial charge < -0.3 is 9.64 Å². The lowest BCUT2D eigenvalue weighted by Crippen LogP contribution is -2.49. The monoisotopic (exact) mass is 452 g/mol. The maximum atomic E-state index is 14.3. The Hall–Kier alpha value is -3.17. The molecule has 2 aromatic heterocycles. The first-order chi connectivity index (χ1) is 16.0. The number of ether oxygens (including phenoxy) is 1. The van der Waals surface area contributed by atoms with E-state index in [1.165, 1.54) is 6.07 Å². The van der Waals surface area contributed by atoms with Gasteiger partial charge in [-0.3, -0.25) is 9.69 Å². The summed E-state index contributed by atoms with van der Waals surface area (Å²) in [7, 11) is 1.70. The molecule has 1 amide bonds. The third kappa shape index (κ3) is 4.94. The van der Waals surface area contributed by atoms with E-state index in [0.29, 0.717) is 42.5 Å². The van der Waals surface area contributed by atoms with Crippen molar-refractivity contribution >= 4 is 5.91 Å². The van der Waals surface area contributed by atoms with Gasteiger partial charge in [-0.1, -0.05) is 26.0 Å². The molecule has 1 saturated heterocycles. The molecule has 1 aliphatic heterocycles.